The lowest BCUT2D eigenvalue weighted by atomic mass is 10.2. The lowest BCUT2D eigenvalue weighted by Crippen LogP contribution is -2.36. The first-order valence-corrected chi connectivity index (χ1v) is 5.04. The zero-order valence-electron chi connectivity index (χ0n) is 8.93. The number of hydrogen-bond acceptors (Lipinski definition) is 4. The third-order valence-electron chi connectivity index (χ3n) is 2.21. The maximum Gasteiger partial charge on any atom is 0.339 e. The lowest BCUT2D eigenvalue weighted by molar-refractivity contribution is -0.386. The first kappa shape index (κ1) is 12.2. The predicted molar refractivity (Wildman–Crippen MR) is 57.5 cm³/mol. The molecule has 7 nitrogen and oxygen atoms in total. The SMILES string of the molecule is CCCCCn1[nH]cc([N+](=O)[O-])c(=O)c1=O. The van der Waals surface area contributed by atoms with Crippen LogP contribution in [0, 0.1) is 10.1 Å². The van der Waals surface area contributed by atoms with Crippen molar-refractivity contribution < 1.29 is 4.92 Å². The van der Waals surface area contributed by atoms with Crippen molar-refractivity contribution in [3.63, 3.8) is 0 Å². The van der Waals surface area contributed by atoms with Crippen molar-refractivity contribution >= 4 is 5.69 Å². The number of nitro groups is 1. The van der Waals surface area contributed by atoms with Gasteiger partial charge in [-0.3, -0.25) is 24.8 Å². The smallest absolute Gasteiger partial charge is 0.296 e. The van der Waals surface area contributed by atoms with E-state index in [1.54, 1.807) is 0 Å². The number of aryl methyl sites for hydroxylation is 1. The van der Waals surface area contributed by atoms with E-state index in [0.29, 0.717) is 6.54 Å². The Bertz CT molecular complexity index is 488. The van der Waals surface area contributed by atoms with Crippen LogP contribution in [-0.4, -0.2) is 14.7 Å². The second-order valence-corrected chi connectivity index (χ2v) is 3.41. The molecule has 1 rings (SSSR count). The Morgan fingerprint density at radius 1 is 1.44 bits per heavy atom. The number of aromatic nitrogens is 2. The average Bonchev–Trinajstić information content (AvgIpc) is 2.24. The zero-order chi connectivity index (χ0) is 12.1. The summed E-state index contributed by atoms with van der Waals surface area (Å²) in [5, 5.41) is 12.8. The summed E-state index contributed by atoms with van der Waals surface area (Å²) in [4.78, 5) is 32.2. The van der Waals surface area contributed by atoms with E-state index in [1.165, 1.54) is 0 Å². The maximum atomic E-state index is 11.4. The number of rotatable bonds is 5. The molecule has 1 aromatic rings. The Morgan fingerprint density at radius 3 is 2.69 bits per heavy atom. The van der Waals surface area contributed by atoms with Gasteiger partial charge in [0.2, 0.25) is 0 Å². The molecular weight excluding hydrogens is 214 g/mol. The second-order valence-electron chi connectivity index (χ2n) is 3.41. The molecule has 16 heavy (non-hydrogen) atoms. The van der Waals surface area contributed by atoms with Gasteiger partial charge in [0, 0.05) is 6.54 Å². The number of H-pyrrole nitrogens is 1. The van der Waals surface area contributed by atoms with Crippen molar-refractivity contribution in [2.75, 3.05) is 0 Å². The van der Waals surface area contributed by atoms with Crippen LogP contribution in [0.25, 0.3) is 0 Å². The monoisotopic (exact) mass is 227 g/mol. The molecule has 0 bridgehead atoms. The molecule has 0 radical (unpaired) electrons. The predicted octanol–water partition coefficient (Wildman–Crippen LogP) is 0.635. The van der Waals surface area contributed by atoms with Crippen LogP contribution in [0.5, 0.6) is 0 Å². The lowest BCUT2D eigenvalue weighted by Gasteiger charge is -2.03. The van der Waals surface area contributed by atoms with Crippen LogP contribution in [0.4, 0.5) is 5.69 Å². The topological polar surface area (TPSA) is 98.0 Å². The molecular formula is C9H13N3O4. The standard InChI is InChI=1S/C9H13N3O4/c1-2-3-4-5-11-9(14)8(13)7(6-10-11)12(15)16/h6,10H,2-5H2,1H3. The Kier molecular flexibility index (Phi) is 3.98. The van der Waals surface area contributed by atoms with Gasteiger partial charge in [0.15, 0.2) is 0 Å². The molecule has 1 aromatic heterocycles. The van der Waals surface area contributed by atoms with E-state index < -0.39 is 21.6 Å². The number of nitrogens with one attached hydrogen (secondary N) is 1. The molecule has 7 heteroatoms. The molecule has 0 fully saturated rings. The highest BCUT2D eigenvalue weighted by atomic mass is 16.6. The molecule has 0 spiro atoms. The Morgan fingerprint density at radius 2 is 2.12 bits per heavy atom. The molecule has 0 aliphatic heterocycles. The van der Waals surface area contributed by atoms with Gasteiger partial charge in [-0.05, 0) is 6.42 Å². The van der Waals surface area contributed by atoms with Gasteiger partial charge in [-0.1, -0.05) is 19.8 Å². The Labute approximate surface area is 90.8 Å². The largest absolute Gasteiger partial charge is 0.339 e. The minimum absolute atomic E-state index is 0.375. The molecule has 0 unspecified atom stereocenters. The molecule has 0 aromatic carbocycles. The van der Waals surface area contributed by atoms with Crippen molar-refractivity contribution in [1.82, 2.24) is 9.78 Å². The first-order chi connectivity index (χ1) is 7.57. The summed E-state index contributed by atoms with van der Waals surface area (Å²) in [7, 11) is 0. The fourth-order valence-electron chi connectivity index (χ4n) is 1.32. The van der Waals surface area contributed by atoms with Crippen LogP contribution >= 0.6 is 0 Å². The third kappa shape index (κ3) is 2.56. The summed E-state index contributed by atoms with van der Waals surface area (Å²) in [6.45, 7) is 2.39. The highest BCUT2D eigenvalue weighted by Gasteiger charge is 2.15. The van der Waals surface area contributed by atoms with E-state index in [0.717, 1.165) is 30.1 Å². The molecule has 88 valence electrons. The summed E-state index contributed by atoms with van der Waals surface area (Å²) >= 11 is 0. The van der Waals surface area contributed by atoms with Crippen molar-refractivity contribution in [2.45, 2.75) is 32.7 Å². The van der Waals surface area contributed by atoms with Gasteiger partial charge >= 0.3 is 16.7 Å². The first-order valence-electron chi connectivity index (χ1n) is 5.04. The van der Waals surface area contributed by atoms with Crippen molar-refractivity contribution in [3.05, 3.63) is 36.9 Å². The second kappa shape index (κ2) is 5.24. The van der Waals surface area contributed by atoms with Gasteiger partial charge in [-0.25, -0.2) is 4.68 Å². The number of hydrogen-bond donors (Lipinski definition) is 1. The van der Waals surface area contributed by atoms with E-state index in [4.69, 9.17) is 0 Å². The van der Waals surface area contributed by atoms with Gasteiger partial charge in [-0.2, -0.15) is 0 Å². The molecule has 1 heterocycles. The number of unbranched alkanes of at least 4 members (excludes halogenated alkanes) is 2. The Balaban J connectivity index is 2.99. The van der Waals surface area contributed by atoms with Crippen molar-refractivity contribution in [2.24, 2.45) is 0 Å². The summed E-state index contributed by atoms with van der Waals surface area (Å²) in [6.07, 6.45) is 3.64. The maximum absolute atomic E-state index is 11.4. The number of aromatic amines is 1. The van der Waals surface area contributed by atoms with Gasteiger partial charge in [0.1, 0.15) is 6.20 Å². The van der Waals surface area contributed by atoms with Crippen LogP contribution in [0.15, 0.2) is 15.8 Å². The fourth-order valence-corrected chi connectivity index (χ4v) is 1.32. The van der Waals surface area contributed by atoms with Crippen LogP contribution < -0.4 is 11.0 Å². The van der Waals surface area contributed by atoms with E-state index in [1.807, 2.05) is 6.92 Å². The summed E-state index contributed by atoms with van der Waals surface area (Å²) in [5.41, 5.74) is -2.65. The van der Waals surface area contributed by atoms with E-state index >= 15 is 0 Å². The molecule has 0 aliphatic rings. The Hall–Kier alpha value is -1.92. The summed E-state index contributed by atoms with van der Waals surface area (Å²) in [5.74, 6) is 0. The normalized spacial score (nSPS) is 10.3. The quantitative estimate of drug-likeness (QED) is 0.345. The van der Waals surface area contributed by atoms with E-state index in [2.05, 4.69) is 5.10 Å². The average molecular weight is 227 g/mol. The van der Waals surface area contributed by atoms with E-state index in [9.17, 15) is 19.7 Å². The summed E-state index contributed by atoms with van der Waals surface area (Å²) in [6, 6.07) is 0. The third-order valence-corrected chi connectivity index (χ3v) is 2.21. The molecule has 0 atom stereocenters. The summed E-state index contributed by atoms with van der Waals surface area (Å²) < 4.78 is 1.10. The minimum Gasteiger partial charge on any atom is -0.296 e. The number of nitrogens with zero attached hydrogens (tertiary/aromatic N) is 2. The fraction of sp³-hybridized carbons (Fsp3) is 0.556. The molecule has 0 aliphatic carbocycles. The van der Waals surface area contributed by atoms with Gasteiger partial charge < -0.3 is 0 Å². The highest BCUT2D eigenvalue weighted by molar-refractivity contribution is 5.22. The molecule has 0 saturated heterocycles. The highest BCUT2D eigenvalue weighted by Crippen LogP contribution is 1.98. The van der Waals surface area contributed by atoms with Crippen LogP contribution in [0.2, 0.25) is 0 Å². The molecule has 0 saturated carbocycles. The zero-order valence-corrected chi connectivity index (χ0v) is 8.93. The van der Waals surface area contributed by atoms with Crippen LogP contribution in [0.1, 0.15) is 26.2 Å². The van der Waals surface area contributed by atoms with Gasteiger partial charge in [0.25, 0.3) is 0 Å². The van der Waals surface area contributed by atoms with Crippen LogP contribution in [-0.2, 0) is 6.54 Å². The molecule has 1 N–H and O–H groups in total. The van der Waals surface area contributed by atoms with Gasteiger partial charge in [0.05, 0.1) is 4.92 Å². The van der Waals surface area contributed by atoms with Crippen molar-refractivity contribution in [1.29, 1.82) is 0 Å². The molecule has 0 amide bonds. The van der Waals surface area contributed by atoms with E-state index in [-0.39, 0.29) is 0 Å². The van der Waals surface area contributed by atoms with Crippen molar-refractivity contribution in [3.8, 4) is 0 Å². The van der Waals surface area contributed by atoms with Crippen LogP contribution in [0.3, 0.4) is 0 Å². The minimum atomic E-state index is -1.07. The van der Waals surface area contributed by atoms with Gasteiger partial charge in [-0.15, -0.1) is 0 Å².